The fourth-order valence-corrected chi connectivity index (χ4v) is 3.63. The zero-order valence-corrected chi connectivity index (χ0v) is 14.2. The van der Waals surface area contributed by atoms with Gasteiger partial charge in [0.25, 0.3) is 0 Å². The lowest BCUT2D eigenvalue weighted by Crippen LogP contribution is -2.41. The lowest BCUT2D eigenvalue weighted by Gasteiger charge is -2.29. The molecule has 4 nitrogen and oxygen atoms in total. The number of nitrogens with two attached hydrogens (primary N) is 2. The number of fused-ring (bicyclic) bond motifs is 1. The van der Waals surface area contributed by atoms with Crippen LogP contribution < -0.4 is 16.2 Å². The monoisotopic (exact) mass is 333 g/mol. The van der Waals surface area contributed by atoms with Crippen LogP contribution in [0.1, 0.15) is 25.7 Å². The van der Waals surface area contributed by atoms with Crippen LogP contribution in [0, 0.1) is 0 Å². The van der Waals surface area contributed by atoms with E-state index >= 15 is 0 Å². The van der Waals surface area contributed by atoms with E-state index in [1.54, 1.807) is 6.07 Å². The van der Waals surface area contributed by atoms with Gasteiger partial charge in [-0.2, -0.15) is 0 Å². The van der Waals surface area contributed by atoms with E-state index in [-0.39, 0.29) is 12.1 Å². The number of ether oxygens (including phenoxy) is 1. The Hall–Kier alpha value is -2.59. The molecule has 0 radical (unpaired) electrons. The molecule has 4 rings (SSSR count). The van der Waals surface area contributed by atoms with Gasteiger partial charge in [0.05, 0.1) is 5.69 Å². The molecule has 0 amide bonds. The van der Waals surface area contributed by atoms with E-state index in [1.165, 1.54) is 12.8 Å². The van der Waals surface area contributed by atoms with Crippen molar-refractivity contribution in [1.29, 1.82) is 0 Å². The third-order valence-corrected chi connectivity index (χ3v) is 4.96. The molecule has 1 heterocycles. The summed E-state index contributed by atoms with van der Waals surface area (Å²) in [4.78, 5) is 4.47. The van der Waals surface area contributed by atoms with E-state index in [0.717, 1.165) is 40.6 Å². The third-order valence-electron chi connectivity index (χ3n) is 4.96. The molecule has 128 valence electrons. The number of benzene rings is 2. The first kappa shape index (κ1) is 15.9. The highest BCUT2D eigenvalue weighted by atomic mass is 16.5. The molecule has 1 aliphatic rings. The Labute approximate surface area is 147 Å². The van der Waals surface area contributed by atoms with E-state index in [4.69, 9.17) is 16.2 Å². The first-order valence-corrected chi connectivity index (χ1v) is 8.89. The van der Waals surface area contributed by atoms with E-state index in [0.29, 0.717) is 5.82 Å². The summed E-state index contributed by atoms with van der Waals surface area (Å²) in [7, 11) is 0. The van der Waals surface area contributed by atoms with Gasteiger partial charge in [0.1, 0.15) is 17.7 Å². The molecule has 2 atom stereocenters. The molecule has 1 aromatic heterocycles. The van der Waals surface area contributed by atoms with Crippen LogP contribution in [0.3, 0.4) is 0 Å². The fourth-order valence-electron chi connectivity index (χ4n) is 3.63. The highest BCUT2D eigenvalue weighted by Gasteiger charge is 2.24. The van der Waals surface area contributed by atoms with Gasteiger partial charge in [-0.15, -0.1) is 0 Å². The molecule has 2 aromatic carbocycles. The first-order valence-electron chi connectivity index (χ1n) is 8.89. The Morgan fingerprint density at radius 2 is 1.68 bits per heavy atom. The molecule has 25 heavy (non-hydrogen) atoms. The minimum atomic E-state index is 0.0912. The summed E-state index contributed by atoms with van der Waals surface area (Å²) in [5.41, 5.74) is 14.0. The van der Waals surface area contributed by atoms with Crippen molar-refractivity contribution >= 4 is 16.6 Å². The third kappa shape index (κ3) is 3.17. The summed E-state index contributed by atoms with van der Waals surface area (Å²) in [6, 6.07) is 18.2. The smallest absolute Gasteiger partial charge is 0.127 e. The highest BCUT2D eigenvalue weighted by molar-refractivity contribution is 5.99. The normalized spacial score (nSPS) is 20.5. The van der Waals surface area contributed by atoms with Crippen LogP contribution in [-0.2, 0) is 0 Å². The van der Waals surface area contributed by atoms with Gasteiger partial charge in [-0.3, -0.25) is 0 Å². The Balaban J connectivity index is 1.77. The second-order valence-electron chi connectivity index (χ2n) is 6.71. The van der Waals surface area contributed by atoms with Crippen molar-refractivity contribution < 1.29 is 4.74 Å². The van der Waals surface area contributed by atoms with Crippen molar-refractivity contribution in [1.82, 2.24) is 4.98 Å². The number of pyridine rings is 1. The van der Waals surface area contributed by atoms with Gasteiger partial charge < -0.3 is 16.2 Å². The molecule has 0 saturated heterocycles. The molecule has 0 spiro atoms. The molecule has 4 heteroatoms. The quantitative estimate of drug-likeness (QED) is 0.755. The number of hydrogen-bond acceptors (Lipinski definition) is 4. The van der Waals surface area contributed by atoms with E-state index in [2.05, 4.69) is 23.2 Å². The molecule has 2 unspecified atom stereocenters. The second-order valence-corrected chi connectivity index (χ2v) is 6.71. The van der Waals surface area contributed by atoms with Gasteiger partial charge >= 0.3 is 0 Å². The molecule has 3 aromatic rings. The maximum atomic E-state index is 6.33. The Bertz CT molecular complexity index is 893. The van der Waals surface area contributed by atoms with Crippen LogP contribution >= 0.6 is 0 Å². The number of rotatable bonds is 3. The number of nitrogens with zero attached hydrogens (tertiary/aromatic N) is 1. The zero-order chi connectivity index (χ0) is 17.2. The fraction of sp³-hybridized carbons (Fsp3) is 0.286. The number of hydrogen-bond donors (Lipinski definition) is 2. The second kappa shape index (κ2) is 6.73. The summed E-state index contributed by atoms with van der Waals surface area (Å²) in [6.45, 7) is 0. The summed E-state index contributed by atoms with van der Waals surface area (Å²) in [6.07, 6.45) is 4.53. The lowest BCUT2D eigenvalue weighted by molar-refractivity contribution is 0.134. The van der Waals surface area contributed by atoms with Crippen LogP contribution in [0.15, 0.2) is 54.6 Å². The van der Waals surface area contributed by atoms with Gasteiger partial charge in [0.15, 0.2) is 0 Å². The molecule has 4 N–H and O–H groups in total. The van der Waals surface area contributed by atoms with Crippen molar-refractivity contribution in [3.05, 3.63) is 54.6 Å². The summed E-state index contributed by atoms with van der Waals surface area (Å²) < 4.78 is 6.33. The molecule has 1 fully saturated rings. The summed E-state index contributed by atoms with van der Waals surface area (Å²) in [5.74, 6) is 1.42. The molecular formula is C21H23N3O. The molecule has 1 aliphatic carbocycles. The molecule has 0 bridgehead atoms. The van der Waals surface area contributed by atoms with Crippen LogP contribution in [0.25, 0.3) is 22.0 Å². The lowest BCUT2D eigenvalue weighted by atomic mass is 9.93. The average Bonchev–Trinajstić information content (AvgIpc) is 2.64. The van der Waals surface area contributed by atoms with Gasteiger partial charge in [0, 0.05) is 17.0 Å². The molecular weight excluding hydrogens is 310 g/mol. The van der Waals surface area contributed by atoms with Crippen molar-refractivity contribution in [2.24, 2.45) is 5.73 Å². The Morgan fingerprint density at radius 3 is 2.48 bits per heavy atom. The number of aromatic nitrogens is 1. The predicted octanol–water partition coefficient (Wildman–Crippen LogP) is 4.13. The summed E-state index contributed by atoms with van der Waals surface area (Å²) in [5, 5.41) is 2.20. The van der Waals surface area contributed by atoms with Crippen molar-refractivity contribution in [2.75, 3.05) is 5.73 Å². The standard InChI is InChI=1S/C21H23N3O/c22-17-8-3-4-10-20(17)25-19-13-12-15(14-6-1-2-7-16(14)19)18-9-5-11-21(23)24-18/h1-2,5-7,9,11-13,17,20H,3-4,8,10,22H2,(H2,23,24). The largest absolute Gasteiger partial charge is 0.488 e. The topological polar surface area (TPSA) is 74.2 Å². The zero-order valence-electron chi connectivity index (χ0n) is 14.2. The van der Waals surface area contributed by atoms with E-state index in [9.17, 15) is 0 Å². The van der Waals surface area contributed by atoms with Crippen molar-refractivity contribution in [3.63, 3.8) is 0 Å². The predicted molar refractivity (Wildman–Crippen MR) is 102 cm³/mol. The Kier molecular flexibility index (Phi) is 4.28. The van der Waals surface area contributed by atoms with Crippen molar-refractivity contribution in [3.8, 4) is 17.0 Å². The number of nitrogen functional groups attached to an aromatic ring is 1. The van der Waals surface area contributed by atoms with Crippen LogP contribution in [0.5, 0.6) is 5.75 Å². The van der Waals surface area contributed by atoms with Gasteiger partial charge in [-0.25, -0.2) is 4.98 Å². The van der Waals surface area contributed by atoms with Crippen LogP contribution in [0.2, 0.25) is 0 Å². The first-order chi connectivity index (χ1) is 12.2. The Morgan fingerprint density at radius 1 is 0.880 bits per heavy atom. The van der Waals surface area contributed by atoms with E-state index < -0.39 is 0 Å². The minimum Gasteiger partial charge on any atom is -0.488 e. The SMILES string of the molecule is Nc1cccc(-c2ccc(OC3CCCCC3N)c3ccccc23)n1. The maximum absolute atomic E-state index is 6.33. The molecule has 1 saturated carbocycles. The van der Waals surface area contributed by atoms with Gasteiger partial charge in [0.2, 0.25) is 0 Å². The maximum Gasteiger partial charge on any atom is 0.127 e. The minimum absolute atomic E-state index is 0.0912. The van der Waals surface area contributed by atoms with E-state index in [1.807, 2.05) is 30.3 Å². The van der Waals surface area contributed by atoms with Gasteiger partial charge in [-0.05, 0) is 48.9 Å². The van der Waals surface area contributed by atoms with Crippen LogP contribution in [0.4, 0.5) is 5.82 Å². The van der Waals surface area contributed by atoms with Gasteiger partial charge in [-0.1, -0.05) is 36.8 Å². The van der Waals surface area contributed by atoms with Crippen molar-refractivity contribution in [2.45, 2.75) is 37.8 Å². The molecule has 0 aliphatic heterocycles. The average molecular weight is 333 g/mol. The summed E-state index contributed by atoms with van der Waals surface area (Å²) >= 11 is 0. The number of anilines is 1. The highest BCUT2D eigenvalue weighted by Crippen LogP contribution is 2.35. The van der Waals surface area contributed by atoms with Crippen LogP contribution in [-0.4, -0.2) is 17.1 Å².